The number of hydroxylamine groups is 1. The van der Waals surface area contributed by atoms with Crippen molar-refractivity contribution in [1.29, 1.82) is 0 Å². The molecule has 0 aromatic heterocycles. The van der Waals surface area contributed by atoms with Gasteiger partial charge in [-0.05, 0) is 68.4 Å². The summed E-state index contributed by atoms with van der Waals surface area (Å²) in [5.41, 5.74) is -0.508. The van der Waals surface area contributed by atoms with Crippen LogP contribution in [0.3, 0.4) is 0 Å². The van der Waals surface area contributed by atoms with E-state index in [0.29, 0.717) is 23.2 Å². The van der Waals surface area contributed by atoms with Crippen molar-refractivity contribution in [3.63, 3.8) is 0 Å². The minimum Gasteiger partial charge on any atom is -0.369 e. The Morgan fingerprint density at radius 2 is 1.85 bits per heavy atom. The standard InChI is InChI=1S/C28H37FN6O5S/c1-28(2,3)35(41(38,39)22-7-5-4-6-8-22)40-25(36)11-14-30-26(37)20-9-10-24(23(29)19-20)34-17-12-21(13-18-34)33-27-31-15-16-32-27/h4-10,19,21H,11-18H2,1-3H3,(H,30,37)(H2,31,32,33). The highest BCUT2D eigenvalue weighted by molar-refractivity contribution is 7.89. The van der Waals surface area contributed by atoms with E-state index >= 15 is 0 Å². The third kappa shape index (κ3) is 7.73. The molecule has 2 aromatic rings. The van der Waals surface area contributed by atoms with Gasteiger partial charge in [0.05, 0.1) is 29.1 Å². The first-order valence-corrected chi connectivity index (χ1v) is 15.1. The third-order valence-corrected chi connectivity index (χ3v) is 8.59. The normalized spacial score (nSPS) is 16.2. The van der Waals surface area contributed by atoms with Gasteiger partial charge in [-0.3, -0.25) is 14.6 Å². The zero-order valence-electron chi connectivity index (χ0n) is 23.5. The molecule has 41 heavy (non-hydrogen) atoms. The molecule has 2 heterocycles. The predicted molar refractivity (Wildman–Crippen MR) is 153 cm³/mol. The van der Waals surface area contributed by atoms with Gasteiger partial charge in [-0.25, -0.2) is 12.8 Å². The van der Waals surface area contributed by atoms with Crippen LogP contribution in [0.15, 0.2) is 58.4 Å². The number of anilines is 1. The Labute approximate surface area is 240 Å². The van der Waals surface area contributed by atoms with E-state index in [1.165, 1.54) is 18.2 Å². The Kier molecular flexibility index (Phi) is 9.49. The monoisotopic (exact) mass is 588 g/mol. The van der Waals surface area contributed by atoms with Crippen LogP contribution < -0.4 is 20.9 Å². The second kappa shape index (κ2) is 12.9. The number of amides is 1. The number of hydrogen-bond donors (Lipinski definition) is 3. The number of rotatable bonds is 9. The average molecular weight is 589 g/mol. The van der Waals surface area contributed by atoms with Crippen molar-refractivity contribution in [2.75, 3.05) is 37.6 Å². The van der Waals surface area contributed by atoms with E-state index in [9.17, 15) is 22.4 Å². The summed E-state index contributed by atoms with van der Waals surface area (Å²) < 4.78 is 41.8. The lowest BCUT2D eigenvalue weighted by molar-refractivity contribution is -0.182. The second-order valence-electron chi connectivity index (χ2n) is 10.9. The highest BCUT2D eigenvalue weighted by Crippen LogP contribution is 2.26. The summed E-state index contributed by atoms with van der Waals surface area (Å²) in [6.07, 6.45) is 1.38. The quantitative estimate of drug-likeness (QED) is 0.381. The van der Waals surface area contributed by atoms with E-state index in [1.807, 2.05) is 4.90 Å². The number of aliphatic imine (C=N–C) groups is 1. The molecule has 0 unspecified atom stereocenters. The fourth-order valence-corrected chi connectivity index (χ4v) is 6.21. The maximum Gasteiger partial charge on any atom is 0.328 e. The van der Waals surface area contributed by atoms with Gasteiger partial charge in [-0.15, -0.1) is 0 Å². The van der Waals surface area contributed by atoms with Crippen LogP contribution in [0.2, 0.25) is 0 Å². The number of carbonyl (C=O) groups is 2. The van der Waals surface area contributed by atoms with Gasteiger partial charge in [0, 0.05) is 37.8 Å². The molecule has 13 heteroatoms. The molecule has 0 saturated carbocycles. The number of benzene rings is 2. The van der Waals surface area contributed by atoms with Crippen LogP contribution in [0.25, 0.3) is 0 Å². The van der Waals surface area contributed by atoms with Crippen molar-refractivity contribution < 1.29 is 27.2 Å². The number of nitrogens with one attached hydrogen (secondary N) is 3. The van der Waals surface area contributed by atoms with E-state index in [1.54, 1.807) is 51.1 Å². The molecule has 4 rings (SSSR count). The minimum atomic E-state index is -4.12. The van der Waals surface area contributed by atoms with Crippen LogP contribution in [0.5, 0.6) is 0 Å². The van der Waals surface area contributed by atoms with Gasteiger partial charge in [0.1, 0.15) is 5.82 Å². The topological polar surface area (TPSA) is 132 Å². The lowest BCUT2D eigenvalue weighted by Crippen LogP contribution is -2.47. The maximum absolute atomic E-state index is 15.0. The fraction of sp³-hybridized carbons (Fsp3) is 0.464. The van der Waals surface area contributed by atoms with Gasteiger partial charge in [0.25, 0.3) is 15.9 Å². The molecule has 1 amide bonds. The molecule has 0 spiro atoms. The first kappa shape index (κ1) is 30.3. The SMILES string of the molecule is CC(C)(C)N(OC(=O)CCNC(=O)c1ccc(N2CCC(NC3=NCCN3)CC2)c(F)c1)S(=O)(=O)c1ccccc1. The summed E-state index contributed by atoms with van der Waals surface area (Å²) in [5.74, 6) is -1.07. The molecule has 1 saturated heterocycles. The molecule has 0 radical (unpaired) electrons. The molecule has 2 aliphatic heterocycles. The van der Waals surface area contributed by atoms with Gasteiger partial charge in [-0.1, -0.05) is 18.2 Å². The third-order valence-electron chi connectivity index (χ3n) is 6.67. The van der Waals surface area contributed by atoms with Gasteiger partial charge >= 0.3 is 5.97 Å². The van der Waals surface area contributed by atoms with E-state index in [2.05, 4.69) is 20.9 Å². The van der Waals surface area contributed by atoms with Crippen molar-refractivity contribution in [3.8, 4) is 0 Å². The Morgan fingerprint density at radius 3 is 2.46 bits per heavy atom. The first-order valence-electron chi connectivity index (χ1n) is 13.6. The lowest BCUT2D eigenvalue weighted by atomic mass is 10.0. The number of sulfonamides is 1. The molecule has 2 aliphatic rings. The summed E-state index contributed by atoms with van der Waals surface area (Å²) >= 11 is 0. The zero-order chi connectivity index (χ0) is 29.6. The highest BCUT2D eigenvalue weighted by atomic mass is 32.2. The smallest absolute Gasteiger partial charge is 0.328 e. The summed E-state index contributed by atoms with van der Waals surface area (Å²) in [5, 5.41) is 9.15. The molecule has 0 aliphatic carbocycles. The van der Waals surface area contributed by atoms with Crippen LogP contribution in [0, 0.1) is 5.82 Å². The molecule has 0 bridgehead atoms. The van der Waals surface area contributed by atoms with E-state index < -0.39 is 33.3 Å². The molecule has 2 aromatic carbocycles. The lowest BCUT2D eigenvalue weighted by Gasteiger charge is -2.34. The van der Waals surface area contributed by atoms with Crippen molar-refractivity contribution in [3.05, 3.63) is 59.9 Å². The Morgan fingerprint density at radius 1 is 1.15 bits per heavy atom. The van der Waals surface area contributed by atoms with Gasteiger partial charge < -0.3 is 25.7 Å². The molecule has 11 nitrogen and oxygen atoms in total. The van der Waals surface area contributed by atoms with Crippen molar-refractivity contribution >= 4 is 33.5 Å². The number of halogens is 1. The van der Waals surface area contributed by atoms with Gasteiger partial charge in [0.2, 0.25) is 0 Å². The highest BCUT2D eigenvalue weighted by Gasteiger charge is 2.38. The maximum atomic E-state index is 15.0. The summed E-state index contributed by atoms with van der Waals surface area (Å²) in [6.45, 7) is 7.62. The summed E-state index contributed by atoms with van der Waals surface area (Å²) in [4.78, 5) is 36.7. The van der Waals surface area contributed by atoms with Crippen LogP contribution in [0.4, 0.5) is 10.1 Å². The van der Waals surface area contributed by atoms with Crippen LogP contribution in [-0.4, -0.2) is 75.0 Å². The van der Waals surface area contributed by atoms with Gasteiger partial charge in [0.15, 0.2) is 5.96 Å². The van der Waals surface area contributed by atoms with E-state index in [4.69, 9.17) is 4.84 Å². The fourth-order valence-electron chi connectivity index (χ4n) is 4.61. The number of carbonyl (C=O) groups excluding carboxylic acids is 2. The molecular formula is C28H37FN6O5S. The largest absolute Gasteiger partial charge is 0.369 e. The number of hydrogen-bond acceptors (Lipinski definition) is 9. The number of guanidine groups is 1. The van der Waals surface area contributed by atoms with Crippen molar-refractivity contribution in [2.45, 2.75) is 56.5 Å². The molecular weight excluding hydrogens is 551 g/mol. The molecule has 1 fully saturated rings. The van der Waals surface area contributed by atoms with Gasteiger partial charge in [-0.2, -0.15) is 0 Å². The van der Waals surface area contributed by atoms with Crippen LogP contribution in [-0.2, 0) is 19.7 Å². The molecule has 3 N–H and O–H groups in total. The minimum absolute atomic E-state index is 0.0149. The Hall–Kier alpha value is -3.71. The summed E-state index contributed by atoms with van der Waals surface area (Å²) in [6, 6.07) is 12.2. The average Bonchev–Trinajstić information content (AvgIpc) is 3.45. The van der Waals surface area contributed by atoms with Crippen molar-refractivity contribution in [2.24, 2.45) is 4.99 Å². The van der Waals surface area contributed by atoms with Crippen LogP contribution >= 0.6 is 0 Å². The zero-order valence-corrected chi connectivity index (χ0v) is 24.3. The number of nitrogens with zero attached hydrogens (tertiary/aromatic N) is 3. The van der Waals surface area contributed by atoms with E-state index in [0.717, 1.165) is 31.9 Å². The predicted octanol–water partition coefficient (Wildman–Crippen LogP) is 2.41. The number of piperidine rings is 1. The van der Waals surface area contributed by atoms with E-state index in [-0.39, 0.29) is 29.5 Å². The summed E-state index contributed by atoms with van der Waals surface area (Å²) in [7, 11) is -4.12. The Bertz CT molecular complexity index is 1370. The first-order chi connectivity index (χ1) is 19.4. The Balaban J connectivity index is 1.27. The molecule has 222 valence electrons. The van der Waals surface area contributed by atoms with Crippen LogP contribution in [0.1, 0.15) is 50.4 Å². The second-order valence-corrected chi connectivity index (χ2v) is 12.7. The van der Waals surface area contributed by atoms with Crippen molar-refractivity contribution in [1.82, 2.24) is 20.4 Å². The molecule has 0 atom stereocenters.